The fourth-order valence-corrected chi connectivity index (χ4v) is 4.43. The standard InChI is InChI=1S/C17H21N3O6S2/c1-20(28(23,24)16-7-4-10-27-16)12-15(21)18-13-5-3-6-14(11-13)19-17(22)26-9-8-25-2/h3-7,10-11H,8-9,12H2,1-2H3,(H,18,21)(H,19,22). The van der Waals surface area contributed by atoms with Gasteiger partial charge in [-0.05, 0) is 29.6 Å². The third-order valence-electron chi connectivity index (χ3n) is 3.44. The van der Waals surface area contributed by atoms with Crippen molar-refractivity contribution >= 4 is 44.7 Å². The van der Waals surface area contributed by atoms with E-state index in [1.165, 1.54) is 26.3 Å². The first kappa shape index (κ1) is 21.8. The van der Waals surface area contributed by atoms with Gasteiger partial charge in [0.15, 0.2) is 0 Å². The van der Waals surface area contributed by atoms with Gasteiger partial charge in [-0.3, -0.25) is 10.1 Å². The first-order valence-electron chi connectivity index (χ1n) is 8.15. The summed E-state index contributed by atoms with van der Waals surface area (Å²) in [6.07, 6.45) is -0.651. The lowest BCUT2D eigenvalue weighted by Gasteiger charge is -2.16. The Kier molecular flexibility index (Phi) is 7.93. The molecule has 0 saturated heterocycles. The van der Waals surface area contributed by atoms with E-state index in [1.807, 2.05) is 0 Å². The summed E-state index contributed by atoms with van der Waals surface area (Å²) in [5, 5.41) is 6.78. The maximum absolute atomic E-state index is 12.4. The van der Waals surface area contributed by atoms with Crippen LogP contribution in [0.2, 0.25) is 0 Å². The number of likely N-dealkylation sites (N-methyl/N-ethyl adjacent to an activating group) is 1. The van der Waals surface area contributed by atoms with Crippen LogP contribution in [0.15, 0.2) is 46.0 Å². The van der Waals surface area contributed by atoms with E-state index in [4.69, 9.17) is 9.47 Å². The highest BCUT2D eigenvalue weighted by molar-refractivity contribution is 7.91. The molecule has 1 heterocycles. The molecule has 0 bridgehead atoms. The highest BCUT2D eigenvalue weighted by Gasteiger charge is 2.23. The van der Waals surface area contributed by atoms with Crippen molar-refractivity contribution in [2.75, 3.05) is 44.5 Å². The van der Waals surface area contributed by atoms with Crippen molar-refractivity contribution < 1.29 is 27.5 Å². The zero-order chi connectivity index (χ0) is 20.6. The number of benzene rings is 1. The number of thiophene rings is 1. The molecular weight excluding hydrogens is 406 g/mol. The minimum atomic E-state index is -3.71. The van der Waals surface area contributed by atoms with E-state index in [-0.39, 0.29) is 24.0 Å². The maximum atomic E-state index is 12.4. The summed E-state index contributed by atoms with van der Waals surface area (Å²) in [6, 6.07) is 9.52. The van der Waals surface area contributed by atoms with Crippen molar-refractivity contribution in [2.45, 2.75) is 4.21 Å². The molecule has 2 N–H and O–H groups in total. The predicted molar refractivity (Wildman–Crippen MR) is 106 cm³/mol. The summed E-state index contributed by atoms with van der Waals surface area (Å²) < 4.78 is 35.5. The van der Waals surface area contributed by atoms with Crippen LogP contribution in [-0.4, -0.2) is 58.6 Å². The fraction of sp³-hybridized carbons (Fsp3) is 0.294. The minimum Gasteiger partial charge on any atom is -0.447 e. The predicted octanol–water partition coefficient (Wildman–Crippen LogP) is 2.20. The molecule has 152 valence electrons. The van der Waals surface area contributed by atoms with E-state index in [0.717, 1.165) is 15.6 Å². The van der Waals surface area contributed by atoms with Crippen LogP contribution >= 0.6 is 11.3 Å². The number of hydrogen-bond donors (Lipinski definition) is 2. The second kappa shape index (κ2) is 10.2. The number of sulfonamides is 1. The molecule has 11 heteroatoms. The third kappa shape index (κ3) is 6.30. The van der Waals surface area contributed by atoms with Gasteiger partial charge < -0.3 is 14.8 Å². The number of anilines is 2. The highest BCUT2D eigenvalue weighted by atomic mass is 32.2. The molecule has 1 aromatic heterocycles. The molecule has 2 rings (SSSR count). The molecule has 0 saturated carbocycles. The van der Waals surface area contributed by atoms with Crippen LogP contribution in [0.25, 0.3) is 0 Å². The summed E-state index contributed by atoms with van der Waals surface area (Å²) in [6.45, 7) is 0.0478. The molecule has 28 heavy (non-hydrogen) atoms. The van der Waals surface area contributed by atoms with E-state index in [1.54, 1.807) is 29.6 Å². The first-order valence-corrected chi connectivity index (χ1v) is 10.5. The summed E-state index contributed by atoms with van der Waals surface area (Å²) >= 11 is 1.08. The lowest BCUT2D eigenvalue weighted by atomic mass is 10.2. The van der Waals surface area contributed by atoms with Gasteiger partial charge in [-0.1, -0.05) is 12.1 Å². The van der Waals surface area contributed by atoms with Crippen LogP contribution < -0.4 is 10.6 Å². The Bertz CT molecular complexity index is 899. The minimum absolute atomic E-state index is 0.115. The van der Waals surface area contributed by atoms with Gasteiger partial charge in [-0.2, -0.15) is 4.31 Å². The van der Waals surface area contributed by atoms with Crippen LogP contribution in [0.4, 0.5) is 16.2 Å². The number of carbonyl (C=O) groups excluding carboxylic acids is 2. The number of hydrogen-bond acceptors (Lipinski definition) is 7. The third-order valence-corrected chi connectivity index (χ3v) is 6.62. The van der Waals surface area contributed by atoms with Gasteiger partial charge in [0.2, 0.25) is 5.91 Å². The smallest absolute Gasteiger partial charge is 0.411 e. The Hall–Kier alpha value is -2.47. The monoisotopic (exact) mass is 427 g/mol. The molecule has 0 fully saturated rings. The molecule has 9 nitrogen and oxygen atoms in total. The molecule has 2 amide bonds. The maximum Gasteiger partial charge on any atom is 0.411 e. The largest absolute Gasteiger partial charge is 0.447 e. The van der Waals surface area contributed by atoms with Gasteiger partial charge in [0, 0.05) is 25.5 Å². The fourth-order valence-electron chi connectivity index (χ4n) is 2.10. The van der Waals surface area contributed by atoms with Crippen LogP contribution in [0.3, 0.4) is 0 Å². The van der Waals surface area contributed by atoms with Crippen molar-refractivity contribution in [3.63, 3.8) is 0 Å². The SMILES string of the molecule is COCCOC(=O)Nc1cccc(NC(=O)CN(C)S(=O)(=O)c2cccs2)c1. The Morgan fingerprint density at radius 3 is 2.46 bits per heavy atom. The van der Waals surface area contributed by atoms with Crippen molar-refractivity contribution in [1.29, 1.82) is 0 Å². The van der Waals surface area contributed by atoms with E-state index >= 15 is 0 Å². The molecule has 1 aromatic carbocycles. The quantitative estimate of drug-likeness (QED) is 0.593. The van der Waals surface area contributed by atoms with Gasteiger partial charge in [-0.15, -0.1) is 11.3 Å². The first-order chi connectivity index (χ1) is 13.3. The molecule has 0 unspecified atom stereocenters. The highest BCUT2D eigenvalue weighted by Crippen LogP contribution is 2.20. The molecule has 2 aromatic rings. The summed E-state index contributed by atoms with van der Waals surface area (Å²) in [4.78, 5) is 23.8. The van der Waals surface area contributed by atoms with Gasteiger partial charge in [0.05, 0.1) is 13.2 Å². The van der Waals surface area contributed by atoms with Crippen LogP contribution in [0, 0.1) is 0 Å². The lowest BCUT2D eigenvalue weighted by molar-refractivity contribution is -0.116. The summed E-state index contributed by atoms with van der Waals surface area (Å²) in [5.41, 5.74) is 0.821. The molecule has 0 aliphatic rings. The summed E-state index contributed by atoms with van der Waals surface area (Å²) in [5.74, 6) is -0.512. The normalized spacial score (nSPS) is 11.2. The van der Waals surface area contributed by atoms with Gasteiger partial charge in [0.1, 0.15) is 10.8 Å². The van der Waals surface area contributed by atoms with Crippen molar-refractivity contribution in [1.82, 2.24) is 4.31 Å². The lowest BCUT2D eigenvalue weighted by Crippen LogP contribution is -2.34. The second-order valence-corrected chi connectivity index (χ2v) is 8.80. The van der Waals surface area contributed by atoms with Crippen molar-refractivity contribution in [2.24, 2.45) is 0 Å². The summed E-state index contributed by atoms with van der Waals surface area (Å²) in [7, 11) is -0.878. The Morgan fingerprint density at radius 1 is 1.11 bits per heavy atom. The van der Waals surface area contributed by atoms with Crippen molar-refractivity contribution in [3.05, 3.63) is 41.8 Å². The molecule has 0 spiro atoms. The number of ether oxygens (including phenoxy) is 2. The molecular formula is C17H21N3O6S2. The Morgan fingerprint density at radius 2 is 1.82 bits per heavy atom. The second-order valence-electron chi connectivity index (χ2n) is 5.58. The molecule has 0 atom stereocenters. The van der Waals surface area contributed by atoms with E-state index in [9.17, 15) is 18.0 Å². The zero-order valence-electron chi connectivity index (χ0n) is 15.4. The van der Waals surface area contributed by atoms with Crippen LogP contribution in [-0.2, 0) is 24.3 Å². The number of amides is 2. The number of nitrogens with zero attached hydrogens (tertiary/aromatic N) is 1. The van der Waals surface area contributed by atoms with Crippen LogP contribution in [0.1, 0.15) is 0 Å². The topological polar surface area (TPSA) is 114 Å². The van der Waals surface area contributed by atoms with E-state index in [2.05, 4.69) is 10.6 Å². The van der Waals surface area contributed by atoms with Gasteiger partial charge in [-0.25, -0.2) is 13.2 Å². The van der Waals surface area contributed by atoms with Crippen molar-refractivity contribution in [3.8, 4) is 0 Å². The van der Waals surface area contributed by atoms with E-state index < -0.39 is 22.0 Å². The van der Waals surface area contributed by atoms with Gasteiger partial charge >= 0.3 is 6.09 Å². The van der Waals surface area contributed by atoms with Crippen LogP contribution in [0.5, 0.6) is 0 Å². The number of rotatable bonds is 9. The number of methoxy groups -OCH3 is 1. The molecule has 0 aliphatic heterocycles. The number of carbonyl (C=O) groups is 2. The average molecular weight is 428 g/mol. The van der Waals surface area contributed by atoms with E-state index in [0.29, 0.717) is 11.4 Å². The number of nitrogens with one attached hydrogen (secondary N) is 2. The Balaban J connectivity index is 1.92. The molecule has 0 aliphatic carbocycles. The molecule has 0 radical (unpaired) electrons. The average Bonchev–Trinajstić information content (AvgIpc) is 3.17. The Labute approximate surface area is 167 Å². The zero-order valence-corrected chi connectivity index (χ0v) is 17.0. The van der Waals surface area contributed by atoms with Gasteiger partial charge in [0.25, 0.3) is 10.0 Å².